The summed E-state index contributed by atoms with van der Waals surface area (Å²) in [5.74, 6) is -0.361. The van der Waals surface area contributed by atoms with E-state index in [0.29, 0.717) is 26.1 Å². The monoisotopic (exact) mass is 439 g/mol. The average molecular weight is 440 g/mol. The van der Waals surface area contributed by atoms with Gasteiger partial charge in [-0.05, 0) is 49.8 Å². The quantitative estimate of drug-likeness (QED) is 0.754. The van der Waals surface area contributed by atoms with Crippen molar-refractivity contribution in [2.45, 2.75) is 74.7 Å². The fourth-order valence-electron chi connectivity index (χ4n) is 6.52. The Morgan fingerprint density at radius 1 is 1.25 bits per heavy atom. The van der Waals surface area contributed by atoms with Crippen LogP contribution in [-0.4, -0.2) is 70.3 Å². The van der Waals surface area contributed by atoms with Gasteiger partial charge in [-0.1, -0.05) is 25.0 Å². The Morgan fingerprint density at radius 3 is 2.62 bits per heavy atom. The van der Waals surface area contributed by atoms with Gasteiger partial charge in [0.05, 0.1) is 23.7 Å². The number of rotatable bonds is 5. The summed E-state index contributed by atoms with van der Waals surface area (Å²) in [6, 6.07) is 7.51. The highest BCUT2D eigenvalue weighted by Crippen LogP contribution is 2.49. The molecule has 0 radical (unpaired) electrons. The van der Waals surface area contributed by atoms with Crippen LogP contribution in [0, 0.1) is 17.1 Å². The lowest BCUT2D eigenvalue weighted by Crippen LogP contribution is -2.60. The predicted molar refractivity (Wildman–Crippen MR) is 115 cm³/mol. The van der Waals surface area contributed by atoms with Crippen LogP contribution >= 0.6 is 0 Å². The molecule has 1 aliphatic carbocycles. The molecule has 32 heavy (non-hydrogen) atoms. The molecule has 0 aromatic heterocycles. The summed E-state index contributed by atoms with van der Waals surface area (Å²) in [4.78, 5) is 32.1. The van der Waals surface area contributed by atoms with E-state index in [1.54, 1.807) is 4.90 Å². The lowest BCUT2D eigenvalue weighted by molar-refractivity contribution is -0.145. The van der Waals surface area contributed by atoms with E-state index < -0.39 is 12.1 Å². The van der Waals surface area contributed by atoms with E-state index in [2.05, 4.69) is 15.9 Å². The number of hydrogen-bond acceptors (Lipinski definition) is 5. The molecule has 3 unspecified atom stereocenters. The molecule has 2 amide bonds. The highest BCUT2D eigenvalue weighted by molar-refractivity contribution is 5.87. The fraction of sp³-hybridized carbons (Fsp3) is 0.625. The van der Waals surface area contributed by atoms with E-state index in [-0.39, 0.29) is 35.3 Å². The standard InChI is InChI=1S/C24H30FN5O2/c25-17-7-5-16(6-8-17)24(9-1-2-10-24)30-19-12-21(23(30)32)28(14-19)15-20(27)22(31)29-11-3-4-18(29)13-26/h5-8,18-21H,1-4,9-12,14-15,27H2/t18?,19-,20?,21?/m0/s1. The van der Waals surface area contributed by atoms with Crippen LogP contribution in [0.1, 0.15) is 50.5 Å². The number of carbonyl (C=O) groups excluding carboxylic acids is 2. The van der Waals surface area contributed by atoms with Crippen molar-refractivity contribution in [1.82, 2.24) is 14.7 Å². The Bertz CT molecular complexity index is 939. The van der Waals surface area contributed by atoms with Crippen molar-refractivity contribution < 1.29 is 14.0 Å². The number of fused-ring (bicyclic) bond motifs is 2. The molecule has 2 N–H and O–H groups in total. The Morgan fingerprint density at radius 2 is 1.97 bits per heavy atom. The first-order valence-corrected chi connectivity index (χ1v) is 11.7. The van der Waals surface area contributed by atoms with E-state index in [1.165, 1.54) is 12.1 Å². The van der Waals surface area contributed by atoms with Gasteiger partial charge in [-0.25, -0.2) is 4.39 Å². The minimum Gasteiger partial charge on any atom is -0.327 e. The maximum Gasteiger partial charge on any atom is 0.241 e. The van der Waals surface area contributed by atoms with Crippen LogP contribution < -0.4 is 5.73 Å². The molecule has 4 fully saturated rings. The smallest absolute Gasteiger partial charge is 0.241 e. The second kappa shape index (κ2) is 8.13. The molecule has 4 atom stereocenters. The maximum atomic E-state index is 13.6. The lowest BCUT2D eigenvalue weighted by Gasteiger charge is -2.46. The summed E-state index contributed by atoms with van der Waals surface area (Å²) in [6.45, 7) is 1.60. The Hall–Kier alpha value is -2.50. The third-order valence-electron chi connectivity index (χ3n) is 7.98. The topological polar surface area (TPSA) is 93.7 Å². The Labute approximate surface area is 187 Å². The van der Waals surface area contributed by atoms with Crippen LogP contribution in [0.25, 0.3) is 0 Å². The van der Waals surface area contributed by atoms with E-state index in [0.717, 1.165) is 44.1 Å². The van der Waals surface area contributed by atoms with Crippen LogP contribution in [0.15, 0.2) is 24.3 Å². The first kappa shape index (κ1) is 21.4. The SMILES string of the molecule is N#CC1CCCN1C(=O)C(N)CN1C[C@@H]2CC1C(=O)N2C1(c2ccc(F)cc2)CCCC1. The second-order valence-electron chi connectivity index (χ2n) is 9.74. The molecule has 0 spiro atoms. The predicted octanol–water partition coefficient (Wildman–Crippen LogP) is 1.72. The van der Waals surface area contributed by atoms with E-state index in [4.69, 9.17) is 5.73 Å². The van der Waals surface area contributed by atoms with Gasteiger partial charge in [0.2, 0.25) is 11.8 Å². The molecule has 3 aliphatic heterocycles. The zero-order valence-corrected chi connectivity index (χ0v) is 18.3. The number of likely N-dealkylation sites (tertiary alicyclic amines) is 3. The number of benzene rings is 1. The largest absolute Gasteiger partial charge is 0.327 e. The van der Waals surface area contributed by atoms with Gasteiger partial charge in [0.15, 0.2) is 0 Å². The van der Waals surface area contributed by atoms with Gasteiger partial charge in [0.25, 0.3) is 0 Å². The first-order chi connectivity index (χ1) is 15.4. The van der Waals surface area contributed by atoms with Crippen LogP contribution in [0.4, 0.5) is 4.39 Å². The fourth-order valence-corrected chi connectivity index (χ4v) is 6.52. The summed E-state index contributed by atoms with van der Waals surface area (Å²) in [6.07, 6.45) is 6.17. The van der Waals surface area contributed by atoms with Gasteiger partial charge in [-0.2, -0.15) is 5.26 Å². The van der Waals surface area contributed by atoms with Gasteiger partial charge in [-0.15, -0.1) is 0 Å². The minimum atomic E-state index is -0.734. The average Bonchev–Trinajstić information content (AvgIpc) is 3.57. The summed E-state index contributed by atoms with van der Waals surface area (Å²) < 4.78 is 13.6. The number of halogens is 1. The van der Waals surface area contributed by atoms with Gasteiger partial charge in [0.1, 0.15) is 11.9 Å². The molecule has 3 heterocycles. The van der Waals surface area contributed by atoms with Crippen LogP contribution in [0.5, 0.6) is 0 Å². The number of nitriles is 1. The third kappa shape index (κ3) is 3.30. The normalized spacial score (nSPS) is 30.2. The molecule has 8 heteroatoms. The van der Waals surface area contributed by atoms with Crippen molar-refractivity contribution in [3.05, 3.63) is 35.6 Å². The molecule has 1 saturated carbocycles. The third-order valence-corrected chi connectivity index (χ3v) is 7.98. The zero-order chi connectivity index (χ0) is 22.5. The summed E-state index contributed by atoms with van der Waals surface area (Å²) in [7, 11) is 0. The van der Waals surface area contributed by atoms with Crippen LogP contribution in [0.2, 0.25) is 0 Å². The zero-order valence-electron chi connectivity index (χ0n) is 18.3. The van der Waals surface area contributed by atoms with Crippen molar-refractivity contribution >= 4 is 11.8 Å². The van der Waals surface area contributed by atoms with Crippen molar-refractivity contribution in [3.8, 4) is 6.07 Å². The molecule has 7 nitrogen and oxygen atoms in total. The van der Waals surface area contributed by atoms with Crippen LogP contribution in [0.3, 0.4) is 0 Å². The minimum absolute atomic E-state index is 0.0802. The van der Waals surface area contributed by atoms with Crippen molar-refractivity contribution in [1.29, 1.82) is 5.26 Å². The summed E-state index contributed by atoms with van der Waals surface area (Å²) >= 11 is 0. The Balaban J connectivity index is 1.30. The highest BCUT2D eigenvalue weighted by atomic mass is 19.1. The molecule has 1 aromatic rings. The van der Waals surface area contributed by atoms with E-state index >= 15 is 0 Å². The number of carbonyl (C=O) groups is 2. The van der Waals surface area contributed by atoms with Gasteiger partial charge in [-0.3, -0.25) is 14.5 Å². The molecule has 1 aromatic carbocycles. The van der Waals surface area contributed by atoms with Crippen molar-refractivity contribution in [2.75, 3.05) is 19.6 Å². The molecular formula is C24H30FN5O2. The summed E-state index contributed by atoms with van der Waals surface area (Å²) in [5, 5.41) is 9.27. The van der Waals surface area contributed by atoms with E-state index in [9.17, 15) is 19.2 Å². The van der Waals surface area contributed by atoms with Crippen molar-refractivity contribution in [2.24, 2.45) is 5.73 Å². The van der Waals surface area contributed by atoms with Gasteiger partial charge < -0.3 is 15.5 Å². The second-order valence-corrected chi connectivity index (χ2v) is 9.74. The molecule has 2 bridgehead atoms. The molecule has 5 rings (SSSR count). The highest BCUT2D eigenvalue weighted by Gasteiger charge is 2.57. The van der Waals surface area contributed by atoms with Crippen molar-refractivity contribution in [3.63, 3.8) is 0 Å². The number of amides is 2. The maximum absolute atomic E-state index is 13.6. The Kier molecular flexibility index (Phi) is 5.42. The molecule has 3 saturated heterocycles. The molecule has 4 aliphatic rings. The van der Waals surface area contributed by atoms with Crippen LogP contribution in [-0.2, 0) is 15.1 Å². The van der Waals surface area contributed by atoms with Gasteiger partial charge >= 0.3 is 0 Å². The number of hydrogen-bond donors (Lipinski definition) is 1. The lowest BCUT2D eigenvalue weighted by atomic mass is 9.85. The number of nitrogens with two attached hydrogens (primary N) is 1. The molecular weight excluding hydrogens is 409 g/mol. The van der Waals surface area contributed by atoms with E-state index in [1.807, 2.05) is 12.1 Å². The summed E-state index contributed by atoms with van der Waals surface area (Å²) in [5.41, 5.74) is 6.92. The molecule has 170 valence electrons. The number of nitrogens with zero attached hydrogens (tertiary/aromatic N) is 4. The number of piperazine rings is 1. The van der Waals surface area contributed by atoms with Gasteiger partial charge in [0, 0.05) is 25.7 Å². The first-order valence-electron chi connectivity index (χ1n) is 11.7.